The van der Waals surface area contributed by atoms with Crippen LogP contribution in [0.15, 0.2) is 47.3 Å². The quantitative estimate of drug-likeness (QED) is 0.780. The molecule has 0 aliphatic carbocycles. The van der Waals surface area contributed by atoms with Crippen LogP contribution in [0.2, 0.25) is 0 Å². The van der Waals surface area contributed by atoms with Gasteiger partial charge in [-0.2, -0.15) is 0 Å². The van der Waals surface area contributed by atoms with E-state index in [2.05, 4.69) is 4.98 Å². The molecule has 0 aliphatic heterocycles. The molecule has 0 atom stereocenters. The molecule has 0 amide bonds. The largest absolute Gasteiger partial charge is 0.494 e. The van der Waals surface area contributed by atoms with Gasteiger partial charge < -0.3 is 9.72 Å². The number of pyridine rings is 1. The highest BCUT2D eigenvalue weighted by Crippen LogP contribution is 2.26. The van der Waals surface area contributed by atoms with E-state index in [-0.39, 0.29) is 11.2 Å². The van der Waals surface area contributed by atoms with E-state index in [0.29, 0.717) is 22.2 Å². The number of ether oxygens (including phenoxy) is 1. The van der Waals surface area contributed by atoms with Gasteiger partial charge in [0.15, 0.2) is 17.0 Å². The number of rotatable bonds is 2. The second-order valence-corrected chi connectivity index (χ2v) is 4.85. The first-order chi connectivity index (χ1) is 10.1. The summed E-state index contributed by atoms with van der Waals surface area (Å²) in [6.07, 6.45) is 0. The molecule has 0 fully saturated rings. The highest BCUT2D eigenvalue weighted by Gasteiger charge is 2.13. The van der Waals surface area contributed by atoms with Crippen molar-refractivity contribution in [2.24, 2.45) is 0 Å². The Balaban J connectivity index is 2.35. The van der Waals surface area contributed by atoms with Crippen molar-refractivity contribution in [3.05, 3.63) is 64.1 Å². The molecule has 0 saturated heterocycles. The number of hydrogen-bond donors (Lipinski definition) is 1. The minimum atomic E-state index is -0.497. The number of methoxy groups -OCH3 is 1. The average molecular weight is 283 g/mol. The zero-order valence-electron chi connectivity index (χ0n) is 11.7. The molecule has 1 aromatic heterocycles. The van der Waals surface area contributed by atoms with Crippen molar-refractivity contribution in [2.45, 2.75) is 6.92 Å². The molecule has 0 unspecified atom stereocenters. The number of aromatic nitrogens is 1. The van der Waals surface area contributed by atoms with Gasteiger partial charge >= 0.3 is 0 Å². The molecule has 3 rings (SSSR count). The van der Waals surface area contributed by atoms with Crippen LogP contribution >= 0.6 is 0 Å². The molecule has 0 radical (unpaired) electrons. The van der Waals surface area contributed by atoms with Crippen molar-refractivity contribution in [2.75, 3.05) is 7.11 Å². The van der Waals surface area contributed by atoms with E-state index in [1.54, 1.807) is 6.92 Å². The van der Waals surface area contributed by atoms with E-state index in [4.69, 9.17) is 4.74 Å². The number of aromatic amines is 1. The molecule has 0 saturated carbocycles. The molecule has 21 heavy (non-hydrogen) atoms. The highest BCUT2D eigenvalue weighted by molar-refractivity contribution is 5.84. The number of fused-ring (bicyclic) bond motifs is 1. The molecule has 0 spiro atoms. The Labute approximate surface area is 121 Å². The summed E-state index contributed by atoms with van der Waals surface area (Å²) in [6.45, 7) is 1.76. The van der Waals surface area contributed by atoms with Gasteiger partial charge in [0.25, 0.3) is 0 Å². The standard InChI is InChI=1S/C17H14FNO2/c1-10-16(11-6-4-3-5-7-11)19-14-9-13(18)15(21-2)8-12(14)17(10)20/h3-9H,1-2H3,(H,19,20). The van der Waals surface area contributed by atoms with Crippen LogP contribution in [-0.4, -0.2) is 12.1 Å². The SMILES string of the molecule is COc1cc2c(=O)c(C)c(-c3ccccc3)[nH]c2cc1F. The minimum Gasteiger partial charge on any atom is -0.494 e. The summed E-state index contributed by atoms with van der Waals surface area (Å²) in [6, 6.07) is 12.2. The third kappa shape index (κ3) is 2.18. The second-order valence-electron chi connectivity index (χ2n) is 4.85. The lowest BCUT2D eigenvalue weighted by molar-refractivity contribution is 0.387. The summed E-state index contributed by atoms with van der Waals surface area (Å²) in [5, 5.41) is 0.422. The molecule has 0 aliphatic rings. The lowest BCUT2D eigenvalue weighted by Crippen LogP contribution is -2.10. The van der Waals surface area contributed by atoms with Gasteiger partial charge in [0.05, 0.1) is 18.3 Å². The van der Waals surface area contributed by atoms with E-state index in [9.17, 15) is 9.18 Å². The van der Waals surface area contributed by atoms with Crippen molar-refractivity contribution in [1.29, 1.82) is 0 Å². The molecule has 1 N–H and O–H groups in total. The first-order valence-corrected chi connectivity index (χ1v) is 6.57. The van der Waals surface area contributed by atoms with E-state index < -0.39 is 5.82 Å². The number of hydrogen-bond acceptors (Lipinski definition) is 2. The van der Waals surface area contributed by atoms with Crippen LogP contribution in [0.1, 0.15) is 5.56 Å². The smallest absolute Gasteiger partial charge is 0.193 e. The Kier molecular flexibility index (Phi) is 3.22. The molecule has 4 heteroatoms. The summed E-state index contributed by atoms with van der Waals surface area (Å²) < 4.78 is 18.8. The molecule has 106 valence electrons. The van der Waals surface area contributed by atoms with Gasteiger partial charge in [-0.05, 0) is 18.6 Å². The summed E-state index contributed by atoms with van der Waals surface area (Å²) in [7, 11) is 1.38. The highest BCUT2D eigenvalue weighted by atomic mass is 19.1. The third-order valence-electron chi connectivity index (χ3n) is 3.57. The second kappa shape index (κ2) is 5.05. The van der Waals surface area contributed by atoms with Crippen molar-refractivity contribution in [1.82, 2.24) is 4.98 Å². The molecule has 3 aromatic rings. The maximum absolute atomic E-state index is 13.8. The molecule has 1 heterocycles. The Morgan fingerprint density at radius 2 is 1.86 bits per heavy atom. The normalized spacial score (nSPS) is 10.8. The predicted octanol–water partition coefficient (Wildman–Crippen LogP) is 3.65. The molecule has 3 nitrogen and oxygen atoms in total. The fourth-order valence-corrected chi connectivity index (χ4v) is 2.44. The Hall–Kier alpha value is -2.62. The van der Waals surface area contributed by atoms with Gasteiger partial charge in [0.1, 0.15) is 0 Å². The maximum Gasteiger partial charge on any atom is 0.193 e. The van der Waals surface area contributed by atoms with E-state index in [1.165, 1.54) is 19.2 Å². The molecular weight excluding hydrogens is 269 g/mol. The van der Waals surface area contributed by atoms with Crippen LogP contribution in [0.25, 0.3) is 22.2 Å². The summed E-state index contributed by atoms with van der Waals surface area (Å²) in [4.78, 5) is 15.7. The van der Waals surface area contributed by atoms with Crippen LogP contribution in [-0.2, 0) is 0 Å². The summed E-state index contributed by atoms with van der Waals surface area (Å²) in [5.74, 6) is -0.427. The zero-order chi connectivity index (χ0) is 15.0. The van der Waals surface area contributed by atoms with Gasteiger partial charge in [-0.1, -0.05) is 30.3 Å². The fraction of sp³-hybridized carbons (Fsp3) is 0.118. The summed E-state index contributed by atoms with van der Waals surface area (Å²) >= 11 is 0. The van der Waals surface area contributed by atoms with Crippen LogP contribution in [0.4, 0.5) is 4.39 Å². The lowest BCUT2D eigenvalue weighted by Gasteiger charge is -2.10. The van der Waals surface area contributed by atoms with E-state index in [1.807, 2.05) is 30.3 Å². The van der Waals surface area contributed by atoms with Crippen molar-refractivity contribution in [3.63, 3.8) is 0 Å². The van der Waals surface area contributed by atoms with Crippen LogP contribution in [0, 0.1) is 12.7 Å². The van der Waals surface area contributed by atoms with Gasteiger partial charge in [-0.25, -0.2) is 4.39 Å². The Morgan fingerprint density at radius 3 is 2.52 bits per heavy atom. The third-order valence-corrected chi connectivity index (χ3v) is 3.57. The fourth-order valence-electron chi connectivity index (χ4n) is 2.44. The Morgan fingerprint density at radius 1 is 1.14 bits per heavy atom. The van der Waals surface area contributed by atoms with Crippen molar-refractivity contribution >= 4 is 10.9 Å². The van der Waals surface area contributed by atoms with Gasteiger partial charge in [-0.15, -0.1) is 0 Å². The number of H-pyrrole nitrogens is 1. The van der Waals surface area contributed by atoms with Crippen LogP contribution < -0.4 is 10.2 Å². The molecular formula is C17H14FNO2. The summed E-state index contributed by atoms with van der Waals surface area (Å²) in [5.41, 5.74) is 2.54. The molecule has 0 bridgehead atoms. The van der Waals surface area contributed by atoms with Crippen molar-refractivity contribution in [3.8, 4) is 17.0 Å². The van der Waals surface area contributed by atoms with Crippen LogP contribution in [0.5, 0.6) is 5.75 Å². The lowest BCUT2D eigenvalue weighted by atomic mass is 10.0. The van der Waals surface area contributed by atoms with Gasteiger partial charge in [0, 0.05) is 17.0 Å². The Bertz CT molecular complexity index is 869. The monoisotopic (exact) mass is 283 g/mol. The van der Waals surface area contributed by atoms with E-state index >= 15 is 0 Å². The zero-order valence-corrected chi connectivity index (χ0v) is 11.7. The van der Waals surface area contributed by atoms with Gasteiger partial charge in [-0.3, -0.25) is 4.79 Å². The number of nitrogens with one attached hydrogen (secondary N) is 1. The minimum absolute atomic E-state index is 0.0693. The number of benzene rings is 2. The first-order valence-electron chi connectivity index (χ1n) is 6.57. The predicted molar refractivity (Wildman–Crippen MR) is 81.3 cm³/mol. The first kappa shape index (κ1) is 13.4. The van der Waals surface area contributed by atoms with E-state index in [0.717, 1.165) is 5.56 Å². The average Bonchev–Trinajstić information content (AvgIpc) is 2.51. The maximum atomic E-state index is 13.8. The van der Waals surface area contributed by atoms with Crippen LogP contribution in [0.3, 0.4) is 0 Å². The van der Waals surface area contributed by atoms with Gasteiger partial charge in [0.2, 0.25) is 0 Å². The number of halogens is 1. The molecule has 2 aromatic carbocycles. The van der Waals surface area contributed by atoms with Crippen molar-refractivity contribution < 1.29 is 9.13 Å². The topological polar surface area (TPSA) is 42.1 Å².